The summed E-state index contributed by atoms with van der Waals surface area (Å²) < 4.78 is 25.8. The van der Waals surface area contributed by atoms with Gasteiger partial charge in [-0.3, -0.25) is 14.4 Å². The number of carbonyl (C=O) groups is 5. The molecule has 0 heterocycles. The van der Waals surface area contributed by atoms with Gasteiger partial charge < -0.3 is 26.4 Å². The molecule has 0 fully saturated rings. The molecule has 0 aliphatic rings. The molecule has 0 saturated heterocycles. The van der Waals surface area contributed by atoms with Crippen molar-refractivity contribution in [2.24, 2.45) is 11.8 Å². The molecule has 0 aliphatic heterocycles. The molecular formula is C25H36F2N4O6. The summed E-state index contributed by atoms with van der Waals surface area (Å²) in [5.74, 6) is -5.66. The zero-order valence-electron chi connectivity index (χ0n) is 21.4. The normalized spacial score (nSPS) is 14.3. The largest absolute Gasteiger partial charge is 0.475 e. The van der Waals surface area contributed by atoms with Gasteiger partial charge in [-0.15, -0.1) is 0 Å². The number of halogens is 2. The Kier molecular flexibility index (Phi) is 13.2. The maximum atomic E-state index is 13.1. The number of hydrogen-bond acceptors (Lipinski definition) is 5. The van der Waals surface area contributed by atoms with E-state index in [-0.39, 0.29) is 24.8 Å². The van der Waals surface area contributed by atoms with E-state index in [1.54, 1.807) is 20.8 Å². The molecular weight excluding hydrogens is 490 g/mol. The summed E-state index contributed by atoms with van der Waals surface area (Å²) in [4.78, 5) is 61.3. The van der Waals surface area contributed by atoms with Gasteiger partial charge in [0.25, 0.3) is 5.78 Å². The smallest absolute Gasteiger partial charge is 0.374 e. The van der Waals surface area contributed by atoms with Crippen molar-refractivity contribution in [2.45, 2.75) is 78.1 Å². The van der Waals surface area contributed by atoms with Gasteiger partial charge in [-0.2, -0.15) is 0 Å². The van der Waals surface area contributed by atoms with Crippen LogP contribution in [0.15, 0.2) is 30.3 Å². The third kappa shape index (κ3) is 11.4. The van der Waals surface area contributed by atoms with Crippen molar-refractivity contribution in [1.82, 2.24) is 21.3 Å². The maximum absolute atomic E-state index is 13.1. The number of alkyl halides is 2. The fourth-order valence-electron chi connectivity index (χ4n) is 3.47. The Labute approximate surface area is 214 Å². The number of urea groups is 1. The summed E-state index contributed by atoms with van der Waals surface area (Å²) in [7, 11) is 0. The number of carbonyl (C=O) groups excluding carboxylic acids is 4. The molecule has 0 saturated carbocycles. The van der Waals surface area contributed by atoms with Gasteiger partial charge in [0, 0.05) is 13.0 Å². The lowest BCUT2D eigenvalue weighted by atomic mass is 9.96. The lowest BCUT2D eigenvalue weighted by molar-refractivity contribution is -0.151. The van der Waals surface area contributed by atoms with Crippen molar-refractivity contribution < 1.29 is 37.9 Å². The van der Waals surface area contributed by atoms with Gasteiger partial charge in [-0.25, -0.2) is 18.4 Å². The lowest BCUT2D eigenvalue weighted by Crippen LogP contribution is -2.58. The minimum Gasteiger partial charge on any atom is -0.475 e. The first-order chi connectivity index (χ1) is 17.3. The highest BCUT2D eigenvalue weighted by molar-refractivity contribution is 6.35. The van der Waals surface area contributed by atoms with Crippen LogP contribution in [0.3, 0.4) is 0 Å². The first-order valence-electron chi connectivity index (χ1n) is 12.1. The van der Waals surface area contributed by atoms with E-state index >= 15 is 0 Å². The predicted molar refractivity (Wildman–Crippen MR) is 132 cm³/mol. The summed E-state index contributed by atoms with van der Waals surface area (Å²) in [6.45, 7) is 7.30. The van der Waals surface area contributed by atoms with Crippen LogP contribution in [0.5, 0.6) is 0 Å². The van der Waals surface area contributed by atoms with Crippen molar-refractivity contribution >= 4 is 29.6 Å². The highest BCUT2D eigenvalue weighted by Gasteiger charge is 2.34. The number of hydrogen-bond donors (Lipinski definition) is 5. The molecule has 12 heteroatoms. The van der Waals surface area contributed by atoms with E-state index in [2.05, 4.69) is 16.0 Å². The predicted octanol–water partition coefficient (Wildman–Crippen LogP) is 2.23. The molecule has 0 radical (unpaired) electrons. The van der Waals surface area contributed by atoms with E-state index < -0.39 is 60.6 Å². The van der Waals surface area contributed by atoms with Gasteiger partial charge in [0.15, 0.2) is 0 Å². The van der Waals surface area contributed by atoms with E-state index in [0.29, 0.717) is 6.42 Å². The van der Waals surface area contributed by atoms with Crippen LogP contribution in [0.2, 0.25) is 0 Å². The number of carboxylic acids is 1. The molecule has 5 N–H and O–H groups in total. The fourth-order valence-corrected chi connectivity index (χ4v) is 3.47. The molecule has 1 aromatic rings. The van der Waals surface area contributed by atoms with Crippen LogP contribution in [-0.2, 0) is 25.7 Å². The molecule has 1 aromatic carbocycles. The number of rotatable bonds is 15. The van der Waals surface area contributed by atoms with Crippen LogP contribution >= 0.6 is 0 Å². The number of benzene rings is 1. The highest BCUT2D eigenvalue weighted by Crippen LogP contribution is 2.12. The second-order valence-electron chi connectivity index (χ2n) is 9.22. The highest BCUT2D eigenvalue weighted by atomic mass is 19.3. The third-order valence-electron chi connectivity index (χ3n) is 5.68. The van der Waals surface area contributed by atoms with E-state index in [4.69, 9.17) is 5.11 Å². The number of Topliss-reactive ketones (excluding diaryl/α,β-unsaturated/α-hetero) is 1. The molecule has 37 heavy (non-hydrogen) atoms. The molecule has 1 rings (SSSR count). The summed E-state index contributed by atoms with van der Waals surface area (Å²) in [5, 5.41) is 18.8. The molecule has 4 atom stereocenters. The van der Waals surface area contributed by atoms with Crippen molar-refractivity contribution in [3.05, 3.63) is 35.9 Å². The Balaban J connectivity index is 2.98. The number of aliphatic carboxylic acids is 1. The van der Waals surface area contributed by atoms with Crippen LogP contribution in [0, 0.1) is 11.8 Å². The number of carboxylic acid groups (broad SMARTS) is 1. The standard InChI is InChI=1S/C25H36F2N4O6/c1-5-15(4)20(31-25(37)28-13-16-9-7-6-8-10-16)23(34)30-18(11-14(2)3)22(33)29-17(12-19(26)27)21(32)24(35)36/h6-10,14-15,17-20H,5,11-13H2,1-4H3,(H,29,33)(H,30,34)(H,35,36)(H2,28,31,37)/t15-,17-,18-,20-/m0/s1. The van der Waals surface area contributed by atoms with Crippen LogP contribution in [0.4, 0.5) is 13.6 Å². The quantitative estimate of drug-likeness (QED) is 0.221. The zero-order valence-corrected chi connectivity index (χ0v) is 21.4. The molecule has 4 amide bonds. The maximum Gasteiger partial charge on any atom is 0.374 e. The first kappa shape index (κ1) is 31.5. The first-order valence-corrected chi connectivity index (χ1v) is 12.1. The monoisotopic (exact) mass is 526 g/mol. The molecule has 0 unspecified atom stereocenters. The Morgan fingerprint density at radius 2 is 1.46 bits per heavy atom. The van der Waals surface area contributed by atoms with E-state index in [1.807, 2.05) is 42.6 Å². The summed E-state index contributed by atoms with van der Waals surface area (Å²) in [5.41, 5.74) is 0.852. The van der Waals surface area contributed by atoms with Gasteiger partial charge in [-0.05, 0) is 23.8 Å². The molecule has 0 aromatic heterocycles. The van der Waals surface area contributed by atoms with E-state index in [9.17, 15) is 32.8 Å². The molecule has 0 bridgehead atoms. The van der Waals surface area contributed by atoms with Crippen LogP contribution in [0.1, 0.15) is 52.5 Å². The van der Waals surface area contributed by atoms with Crippen molar-refractivity contribution in [3.63, 3.8) is 0 Å². The van der Waals surface area contributed by atoms with Crippen LogP contribution in [-0.4, -0.2) is 59.3 Å². The van der Waals surface area contributed by atoms with Crippen molar-refractivity contribution in [1.29, 1.82) is 0 Å². The average molecular weight is 527 g/mol. The average Bonchev–Trinajstić information content (AvgIpc) is 2.84. The van der Waals surface area contributed by atoms with E-state index in [1.165, 1.54) is 0 Å². The Bertz CT molecular complexity index is 929. The summed E-state index contributed by atoms with van der Waals surface area (Å²) in [6.07, 6.45) is -3.63. The second kappa shape index (κ2) is 15.5. The zero-order chi connectivity index (χ0) is 28.1. The molecule has 10 nitrogen and oxygen atoms in total. The summed E-state index contributed by atoms with van der Waals surface area (Å²) >= 11 is 0. The summed E-state index contributed by atoms with van der Waals surface area (Å²) in [6, 6.07) is 4.29. The number of ketones is 1. The van der Waals surface area contributed by atoms with Crippen molar-refractivity contribution in [3.8, 4) is 0 Å². The Morgan fingerprint density at radius 3 is 1.97 bits per heavy atom. The van der Waals surface area contributed by atoms with Gasteiger partial charge >= 0.3 is 12.0 Å². The number of nitrogens with one attached hydrogen (secondary N) is 4. The fraction of sp³-hybridized carbons (Fsp3) is 0.560. The minimum absolute atomic E-state index is 0.0770. The molecule has 206 valence electrons. The van der Waals surface area contributed by atoms with Gasteiger partial charge in [0.2, 0.25) is 18.2 Å². The molecule has 0 aliphatic carbocycles. The number of amides is 4. The SMILES string of the molecule is CC[C@H](C)[C@H](NC(=O)NCc1ccccc1)C(=O)N[C@@H](CC(C)C)C(=O)N[C@@H](CC(F)F)C(=O)C(=O)O. The Morgan fingerprint density at radius 1 is 0.865 bits per heavy atom. The van der Waals surface area contributed by atoms with Crippen LogP contribution in [0.25, 0.3) is 0 Å². The lowest BCUT2D eigenvalue weighted by Gasteiger charge is -2.28. The third-order valence-corrected chi connectivity index (χ3v) is 5.68. The second-order valence-corrected chi connectivity index (χ2v) is 9.22. The van der Waals surface area contributed by atoms with Crippen LogP contribution < -0.4 is 21.3 Å². The Hall–Kier alpha value is -3.57. The topological polar surface area (TPSA) is 154 Å². The van der Waals surface area contributed by atoms with E-state index in [0.717, 1.165) is 5.56 Å². The molecule has 0 spiro atoms. The van der Waals surface area contributed by atoms with Crippen molar-refractivity contribution in [2.75, 3.05) is 0 Å². The van der Waals surface area contributed by atoms with Gasteiger partial charge in [0.05, 0.1) is 0 Å². The minimum atomic E-state index is -3.04. The van der Waals surface area contributed by atoms with Gasteiger partial charge in [-0.1, -0.05) is 64.4 Å². The van der Waals surface area contributed by atoms with Gasteiger partial charge in [0.1, 0.15) is 18.1 Å².